The summed E-state index contributed by atoms with van der Waals surface area (Å²) in [5, 5.41) is 0. The lowest BCUT2D eigenvalue weighted by Gasteiger charge is -2.26. The fraction of sp³-hybridized carbons (Fsp3) is 0.294. The molecule has 104 valence electrons. The molecule has 3 rings (SSSR count). The van der Waals surface area contributed by atoms with Crippen LogP contribution in [0.25, 0.3) is 0 Å². The molecule has 0 heterocycles. The lowest BCUT2D eigenvalue weighted by molar-refractivity contribution is 0.540. The van der Waals surface area contributed by atoms with Crippen LogP contribution in [-0.2, 0) is 6.42 Å². The van der Waals surface area contributed by atoms with Gasteiger partial charge in [0.05, 0.1) is 6.04 Å². The third kappa shape index (κ3) is 2.14. The highest BCUT2D eigenvalue weighted by molar-refractivity contribution is 5.46. The normalized spacial score (nSPS) is 26.4. The second-order valence-electron chi connectivity index (χ2n) is 5.57. The van der Waals surface area contributed by atoms with Crippen LogP contribution in [0.1, 0.15) is 17.0 Å². The van der Waals surface area contributed by atoms with Crippen molar-refractivity contribution in [2.75, 3.05) is 0 Å². The molecule has 0 radical (unpaired) electrons. The predicted octanol–water partition coefficient (Wildman–Crippen LogP) is 1.78. The van der Waals surface area contributed by atoms with Crippen molar-refractivity contribution in [1.82, 2.24) is 5.43 Å². The van der Waals surface area contributed by atoms with Gasteiger partial charge in [-0.15, -0.1) is 6.58 Å². The number of nitrogens with one attached hydrogen (secondary N) is 1. The summed E-state index contributed by atoms with van der Waals surface area (Å²) in [4.78, 5) is 0. The Labute approximate surface area is 120 Å². The number of fused-ring (bicyclic) bond motifs is 3. The molecule has 3 heteroatoms. The topological polar surface area (TPSA) is 64.1 Å². The average Bonchev–Trinajstić information content (AvgIpc) is 2.86. The van der Waals surface area contributed by atoms with Gasteiger partial charge >= 0.3 is 0 Å². The molecule has 0 bridgehead atoms. The van der Waals surface area contributed by atoms with Gasteiger partial charge in [0.25, 0.3) is 0 Å². The van der Waals surface area contributed by atoms with Crippen LogP contribution in [0.3, 0.4) is 0 Å². The number of rotatable bonds is 4. The molecule has 2 aliphatic rings. The quantitative estimate of drug-likeness (QED) is 0.443. The lowest BCUT2D eigenvalue weighted by atomic mass is 9.83. The van der Waals surface area contributed by atoms with E-state index in [2.05, 4.69) is 54.5 Å². The molecule has 4 unspecified atom stereocenters. The van der Waals surface area contributed by atoms with Crippen LogP contribution in [0.15, 0.2) is 60.7 Å². The van der Waals surface area contributed by atoms with Crippen LogP contribution in [0, 0.1) is 5.92 Å². The van der Waals surface area contributed by atoms with E-state index in [9.17, 15) is 0 Å². The van der Waals surface area contributed by atoms with Crippen LogP contribution < -0.4 is 17.0 Å². The summed E-state index contributed by atoms with van der Waals surface area (Å²) in [6, 6.07) is 8.43. The standard InChI is InChI=1S/C17H21N3/c1-2-16(20-19)17(18)12-7-8-15-13(10-12)9-11-5-3-4-6-14(11)15/h2-8,10,13,15-17,20H,1,9,18-19H2. The van der Waals surface area contributed by atoms with Gasteiger partial charge in [-0.1, -0.05) is 48.6 Å². The summed E-state index contributed by atoms with van der Waals surface area (Å²) < 4.78 is 0. The fourth-order valence-electron chi connectivity index (χ4n) is 3.33. The number of benzene rings is 1. The molecule has 0 saturated carbocycles. The minimum atomic E-state index is -0.154. The van der Waals surface area contributed by atoms with Crippen molar-refractivity contribution in [3.05, 3.63) is 71.8 Å². The van der Waals surface area contributed by atoms with Crippen LogP contribution in [0.5, 0.6) is 0 Å². The van der Waals surface area contributed by atoms with Gasteiger partial charge < -0.3 is 5.73 Å². The Bertz CT molecular complexity index is 573. The van der Waals surface area contributed by atoms with Gasteiger partial charge in [-0.05, 0) is 29.0 Å². The molecule has 3 nitrogen and oxygen atoms in total. The van der Waals surface area contributed by atoms with Crippen molar-refractivity contribution in [3.8, 4) is 0 Å². The molecule has 0 spiro atoms. The van der Waals surface area contributed by atoms with Gasteiger partial charge in [0, 0.05) is 12.0 Å². The number of hydrogen-bond acceptors (Lipinski definition) is 3. The Morgan fingerprint density at radius 3 is 2.90 bits per heavy atom. The molecule has 0 saturated heterocycles. The second-order valence-corrected chi connectivity index (χ2v) is 5.57. The zero-order valence-electron chi connectivity index (χ0n) is 11.5. The molecule has 2 aliphatic carbocycles. The monoisotopic (exact) mass is 267 g/mol. The van der Waals surface area contributed by atoms with E-state index in [1.54, 1.807) is 6.08 Å². The number of allylic oxidation sites excluding steroid dienone is 2. The van der Waals surface area contributed by atoms with E-state index >= 15 is 0 Å². The Morgan fingerprint density at radius 1 is 1.35 bits per heavy atom. The first-order valence-corrected chi connectivity index (χ1v) is 7.06. The van der Waals surface area contributed by atoms with Gasteiger partial charge in [-0.25, -0.2) is 0 Å². The molecular weight excluding hydrogens is 246 g/mol. The first kappa shape index (κ1) is 13.3. The summed E-state index contributed by atoms with van der Waals surface area (Å²) in [5.74, 6) is 6.53. The van der Waals surface area contributed by atoms with Crippen molar-refractivity contribution in [2.45, 2.75) is 24.4 Å². The summed E-state index contributed by atoms with van der Waals surface area (Å²) >= 11 is 0. The first-order valence-electron chi connectivity index (χ1n) is 7.06. The molecule has 0 fully saturated rings. The minimum absolute atomic E-state index is 0.105. The van der Waals surface area contributed by atoms with Gasteiger partial charge in [0.2, 0.25) is 0 Å². The number of hydrogen-bond donors (Lipinski definition) is 3. The van der Waals surface area contributed by atoms with Crippen LogP contribution in [0.2, 0.25) is 0 Å². The summed E-state index contributed by atoms with van der Waals surface area (Å²) in [5.41, 5.74) is 13.0. The van der Waals surface area contributed by atoms with E-state index in [-0.39, 0.29) is 12.1 Å². The maximum Gasteiger partial charge on any atom is 0.0580 e. The fourth-order valence-corrected chi connectivity index (χ4v) is 3.33. The summed E-state index contributed by atoms with van der Waals surface area (Å²) in [7, 11) is 0. The molecule has 1 aromatic rings. The van der Waals surface area contributed by atoms with E-state index in [0.717, 1.165) is 12.0 Å². The van der Waals surface area contributed by atoms with Gasteiger partial charge in [0.15, 0.2) is 0 Å². The van der Waals surface area contributed by atoms with Gasteiger partial charge in [0.1, 0.15) is 0 Å². The Balaban J connectivity index is 1.84. The highest BCUT2D eigenvalue weighted by atomic mass is 15.2. The maximum absolute atomic E-state index is 6.27. The second kappa shape index (κ2) is 5.37. The predicted molar refractivity (Wildman–Crippen MR) is 82.9 cm³/mol. The van der Waals surface area contributed by atoms with Crippen molar-refractivity contribution in [3.63, 3.8) is 0 Å². The third-order valence-electron chi connectivity index (χ3n) is 4.45. The molecular formula is C17H21N3. The highest BCUT2D eigenvalue weighted by Gasteiger charge is 2.32. The molecule has 0 aliphatic heterocycles. The maximum atomic E-state index is 6.27. The van der Waals surface area contributed by atoms with Crippen LogP contribution >= 0.6 is 0 Å². The Morgan fingerprint density at radius 2 is 2.15 bits per heavy atom. The molecule has 4 atom stereocenters. The zero-order valence-corrected chi connectivity index (χ0v) is 11.5. The third-order valence-corrected chi connectivity index (χ3v) is 4.45. The molecule has 0 amide bonds. The van der Waals surface area contributed by atoms with Crippen LogP contribution in [0.4, 0.5) is 0 Å². The molecule has 5 N–H and O–H groups in total. The largest absolute Gasteiger partial charge is 0.322 e. The van der Waals surface area contributed by atoms with Crippen molar-refractivity contribution in [2.24, 2.45) is 17.5 Å². The smallest absolute Gasteiger partial charge is 0.0580 e. The van der Waals surface area contributed by atoms with Crippen molar-refractivity contribution >= 4 is 0 Å². The average molecular weight is 267 g/mol. The first-order chi connectivity index (χ1) is 9.74. The number of hydrazine groups is 1. The highest BCUT2D eigenvalue weighted by Crippen LogP contribution is 2.42. The van der Waals surface area contributed by atoms with E-state index in [4.69, 9.17) is 11.6 Å². The number of nitrogens with two attached hydrogens (primary N) is 2. The lowest BCUT2D eigenvalue weighted by Crippen LogP contribution is -2.48. The van der Waals surface area contributed by atoms with Gasteiger partial charge in [-0.3, -0.25) is 11.3 Å². The van der Waals surface area contributed by atoms with Crippen molar-refractivity contribution in [1.29, 1.82) is 0 Å². The van der Waals surface area contributed by atoms with E-state index < -0.39 is 0 Å². The van der Waals surface area contributed by atoms with Gasteiger partial charge in [-0.2, -0.15) is 0 Å². The Kier molecular flexibility index (Phi) is 3.57. The van der Waals surface area contributed by atoms with Crippen LogP contribution in [-0.4, -0.2) is 12.1 Å². The SMILES string of the molecule is C=CC(NN)C(N)C1=CC2Cc3ccccc3C2C=C1. The molecule has 20 heavy (non-hydrogen) atoms. The Hall–Kier alpha value is -1.68. The van der Waals surface area contributed by atoms with E-state index in [0.29, 0.717) is 11.8 Å². The van der Waals surface area contributed by atoms with Crippen molar-refractivity contribution < 1.29 is 0 Å². The molecule has 1 aromatic carbocycles. The minimum Gasteiger partial charge on any atom is -0.322 e. The summed E-state index contributed by atoms with van der Waals surface area (Å²) in [6.45, 7) is 3.77. The zero-order chi connectivity index (χ0) is 14.1. The van der Waals surface area contributed by atoms with E-state index in [1.165, 1.54) is 11.1 Å². The van der Waals surface area contributed by atoms with E-state index in [1.807, 2.05) is 0 Å². The summed E-state index contributed by atoms with van der Waals surface area (Å²) in [6.07, 6.45) is 9.58. The molecule has 0 aromatic heterocycles.